The molecule has 0 saturated carbocycles. The Balaban J connectivity index is 1.89. The maximum absolute atomic E-state index is 12.6. The third-order valence-corrected chi connectivity index (χ3v) is 6.37. The van der Waals surface area contributed by atoms with Crippen LogP contribution in [0, 0.1) is 0 Å². The summed E-state index contributed by atoms with van der Waals surface area (Å²) in [4.78, 5) is 62.1. The van der Waals surface area contributed by atoms with Crippen molar-refractivity contribution in [1.29, 1.82) is 0 Å². The summed E-state index contributed by atoms with van der Waals surface area (Å²) in [5.41, 5.74) is 1.90. The maximum atomic E-state index is 12.6. The molecule has 0 spiro atoms. The maximum Gasteiger partial charge on any atom is 0.409 e. The zero-order chi connectivity index (χ0) is 30.0. The Morgan fingerprint density at radius 2 is 1.15 bits per heavy atom. The first kappa shape index (κ1) is 33.7. The molecule has 0 aromatic heterocycles. The normalized spacial score (nSPS) is 10.3. The monoisotopic (exact) mass is 697 g/mol. The van der Waals surface area contributed by atoms with E-state index in [0.717, 1.165) is 0 Å². The van der Waals surface area contributed by atoms with Gasteiger partial charge in [0.25, 0.3) is 11.8 Å². The second kappa shape index (κ2) is 18.8. The molecule has 2 rings (SSSR count). The van der Waals surface area contributed by atoms with Crippen LogP contribution in [0.5, 0.6) is 0 Å². The van der Waals surface area contributed by atoms with E-state index < -0.39 is 6.09 Å². The van der Waals surface area contributed by atoms with Crippen molar-refractivity contribution in [1.82, 2.24) is 15.5 Å². The molecule has 0 saturated heterocycles. The van der Waals surface area contributed by atoms with Gasteiger partial charge in [-0.15, -0.1) is 0 Å². The van der Waals surface area contributed by atoms with Gasteiger partial charge < -0.3 is 35.6 Å². The van der Waals surface area contributed by atoms with Crippen molar-refractivity contribution in [2.75, 3.05) is 67.3 Å². The van der Waals surface area contributed by atoms with E-state index in [-0.39, 0.29) is 73.7 Å². The molecule has 5 amide bonds. The van der Waals surface area contributed by atoms with E-state index in [2.05, 4.69) is 53.1 Å². The molecule has 0 aliphatic carbocycles. The Hall–Kier alpha value is -3.49. The van der Waals surface area contributed by atoms with Crippen LogP contribution in [0.4, 0.5) is 16.2 Å². The Kier molecular flexibility index (Phi) is 15.4. The highest BCUT2D eigenvalue weighted by molar-refractivity contribution is 9.09. The number of ether oxygens (including phenoxy) is 2. The molecule has 0 radical (unpaired) electrons. The lowest BCUT2D eigenvalue weighted by Gasteiger charge is -2.22. The number of benzene rings is 2. The number of nitrogens with zero attached hydrogens (tertiary/aromatic N) is 1. The number of rotatable bonds is 16. The van der Waals surface area contributed by atoms with E-state index in [1.807, 2.05) is 6.92 Å². The van der Waals surface area contributed by atoms with Gasteiger partial charge in [-0.1, -0.05) is 31.9 Å². The predicted octanol–water partition coefficient (Wildman–Crippen LogP) is 2.99. The Morgan fingerprint density at radius 3 is 1.54 bits per heavy atom. The van der Waals surface area contributed by atoms with Crippen LogP contribution in [-0.2, 0) is 19.1 Å². The molecule has 0 heterocycles. The molecule has 0 atom stereocenters. The van der Waals surface area contributed by atoms with Gasteiger partial charge in [-0.3, -0.25) is 19.2 Å². The molecule has 0 bridgehead atoms. The summed E-state index contributed by atoms with van der Waals surface area (Å²) in [6.07, 6.45) is -0.605. The lowest BCUT2D eigenvalue weighted by Crippen LogP contribution is -2.43. The third-order valence-electron chi connectivity index (χ3n) is 5.35. The Labute approximate surface area is 255 Å². The molecule has 0 fully saturated rings. The summed E-state index contributed by atoms with van der Waals surface area (Å²) in [5.74, 6) is -1.12. The van der Waals surface area contributed by atoms with E-state index in [9.17, 15) is 24.0 Å². The van der Waals surface area contributed by atoms with Crippen LogP contribution < -0.4 is 21.3 Å². The van der Waals surface area contributed by atoms with E-state index in [4.69, 9.17) is 9.47 Å². The van der Waals surface area contributed by atoms with Crippen molar-refractivity contribution in [2.45, 2.75) is 6.92 Å². The first-order valence-corrected chi connectivity index (χ1v) is 15.0. The van der Waals surface area contributed by atoms with Crippen molar-refractivity contribution < 1.29 is 33.4 Å². The highest BCUT2D eigenvalue weighted by Gasteiger charge is 2.16. The number of alkyl halides is 2. The average Bonchev–Trinajstić information content (AvgIpc) is 2.98. The minimum atomic E-state index is -0.605. The van der Waals surface area contributed by atoms with Crippen LogP contribution in [-0.4, -0.2) is 91.3 Å². The lowest BCUT2D eigenvalue weighted by molar-refractivity contribution is -0.114. The molecule has 2 aromatic rings. The van der Waals surface area contributed by atoms with Gasteiger partial charge >= 0.3 is 6.09 Å². The predicted molar refractivity (Wildman–Crippen MR) is 162 cm³/mol. The number of carbonyl (C=O) groups excluding carboxylic acids is 5. The van der Waals surface area contributed by atoms with Gasteiger partial charge in [0.05, 0.1) is 17.3 Å². The number of anilines is 2. The van der Waals surface area contributed by atoms with Gasteiger partial charge in [-0.05, 0) is 55.5 Å². The first-order valence-electron chi connectivity index (χ1n) is 12.7. The molecule has 0 aliphatic rings. The molecule has 41 heavy (non-hydrogen) atoms. The number of amides is 5. The number of hydrogen-bond donors (Lipinski definition) is 4. The standard InChI is InChI=1S/C27H33Br2N5O7/c1-2-40-15-16-41-27(39)34(13-11-30-25(37)19-3-7-21(8-4-19)32-23(35)17-28)14-12-31-26(38)20-5-9-22(10-6-20)33-24(36)18-29/h3-10H,2,11-18H2,1H3,(H,30,37)(H,31,38)(H,32,35)(H,33,36). The van der Waals surface area contributed by atoms with E-state index in [0.29, 0.717) is 29.1 Å². The molecule has 0 unspecified atom stereocenters. The zero-order valence-electron chi connectivity index (χ0n) is 22.5. The Bertz CT molecular complexity index is 1080. The van der Waals surface area contributed by atoms with E-state index in [1.54, 1.807) is 48.5 Å². The van der Waals surface area contributed by atoms with Gasteiger partial charge in [-0.25, -0.2) is 4.79 Å². The highest BCUT2D eigenvalue weighted by atomic mass is 79.9. The number of nitrogens with one attached hydrogen (secondary N) is 4. The minimum Gasteiger partial charge on any atom is -0.447 e. The fourth-order valence-corrected chi connectivity index (χ4v) is 3.61. The molecule has 222 valence electrons. The molecular weight excluding hydrogens is 666 g/mol. The van der Waals surface area contributed by atoms with Crippen LogP contribution in [0.2, 0.25) is 0 Å². The molecule has 12 nitrogen and oxygen atoms in total. The zero-order valence-corrected chi connectivity index (χ0v) is 25.7. The summed E-state index contributed by atoms with van der Waals surface area (Å²) < 4.78 is 10.5. The van der Waals surface area contributed by atoms with E-state index in [1.165, 1.54) is 4.90 Å². The van der Waals surface area contributed by atoms with E-state index >= 15 is 0 Å². The van der Waals surface area contributed by atoms with Crippen LogP contribution in [0.3, 0.4) is 0 Å². The second-order valence-corrected chi connectivity index (χ2v) is 9.45. The SMILES string of the molecule is CCOCCOC(=O)N(CCNC(=O)c1ccc(NC(=O)CBr)cc1)CCNC(=O)c1ccc(NC(=O)CBr)cc1. The Morgan fingerprint density at radius 1 is 0.707 bits per heavy atom. The summed E-state index contributed by atoms with van der Waals surface area (Å²) in [7, 11) is 0. The molecule has 14 heteroatoms. The first-order chi connectivity index (χ1) is 19.8. The van der Waals surface area contributed by atoms with Crippen LogP contribution in [0.15, 0.2) is 48.5 Å². The summed E-state index contributed by atoms with van der Waals surface area (Å²) in [5, 5.41) is 11.2. The van der Waals surface area contributed by atoms with Crippen LogP contribution in [0.25, 0.3) is 0 Å². The fourth-order valence-electron chi connectivity index (χ4n) is 3.33. The lowest BCUT2D eigenvalue weighted by atomic mass is 10.2. The van der Waals surface area contributed by atoms with Crippen molar-refractivity contribution in [3.63, 3.8) is 0 Å². The number of carbonyl (C=O) groups is 5. The van der Waals surface area contributed by atoms with Crippen LogP contribution in [0.1, 0.15) is 27.6 Å². The quantitative estimate of drug-likeness (QED) is 0.155. The van der Waals surface area contributed by atoms with Gasteiger partial charge in [-0.2, -0.15) is 0 Å². The van der Waals surface area contributed by atoms with Crippen molar-refractivity contribution >= 4 is 73.0 Å². The number of hydrogen-bond acceptors (Lipinski definition) is 7. The molecule has 0 aliphatic heterocycles. The average molecular weight is 699 g/mol. The summed E-state index contributed by atoms with van der Waals surface area (Å²) in [6, 6.07) is 12.8. The van der Waals surface area contributed by atoms with Crippen molar-refractivity contribution in [2.24, 2.45) is 0 Å². The van der Waals surface area contributed by atoms with Gasteiger partial charge in [0, 0.05) is 55.3 Å². The van der Waals surface area contributed by atoms with Gasteiger partial charge in [0.2, 0.25) is 11.8 Å². The largest absolute Gasteiger partial charge is 0.447 e. The second-order valence-electron chi connectivity index (χ2n) is 8.33. The topological polar surface area (TPSA) is 155 Å². The van der Waals surface area contributed by atoms with Gasteiger partial charge in [0.1, 0.15) is 6.61 Å². The minimum absolute atomic E-state index is 0.0673. The van der Waals surface area contributed by atoms with Crippen LogP contribution >= 0.6 is 31.9 Å². The van der Waals surface area contributed by atoms with Crippen molar-refractivity contribution in [3.05, 3.63) is 59.7 Å². The third kappa shape index (κ3) is 12.7. The van der Waals surface area contributed by atoms with Gasteiger partial charge in [0.15, 0.2) is 0 Å². The van der Waals surface area contributed by atoms with Crippen molar-refractivity contribution in [3.8, 4) is 0 Å². The molecule has 2 aromatic carbocycles. The fraction of sp³-hybridized carbons (Fsp3) is 0.370. The smallest absolute Gasteiger partial charge is 0.409 e. The molecule has 4 N–H and O–H groups in total. The number of halogens is 2. The summed E-state index contributed by atoms with van der Waals surface area (Å²) >= 11 is 6.14. The summed E-state index contributed by atoms with van der Waals surface area (Å²) in [6.45, 7) is 3.19. The molecular formula is C27H33Br2N5O7. The highest BCUT2D eigenvalue weighted by Crippen LogP contribution is 2.11.